The fourth-order valence-corrected chi connectivity index (χ4v) is 4.58. The second kappa shape index (κ2) is 9.30. The summed E-state index contributed by atoms with van der Waals surface area (Å²) in [5.41, 5.74) is 7.69. The van der Waals surface area contributed by atoms with Crippen molar-refractivity contribution in [2.24, 2.45) is 5.73 Å². The van der Waals surface area contributed by atoms with E-state index in [1.807, 2.05) is 0 Å². The number of fused-ring (bicyclic) bond motifs is 1. The van der Waals surface area contributed by atoms with E-state index < -0.39 is 5.91 Å². The van der Waals surface area contributed by atoms with Gasteiger partial charge in [0.05, 0.1) is 12.0 Å². The van der Waals surface area contributed by atoms with Gasteiger partial charge in [-0.15, -0.1) is 11.3 Å². The van der Waals surface area contributed by atoms with Crippen molar-refractivity contribution in [3.05, 3.63) is 51.7 Å². The Bertz CT molecular complexity index is 823. The van der Waals surface area contributed by atoms with Crippen LogP contribution in [0.25, 0.3) is 0 Å². The topological polar surface area (TPSA) is 75.4 Å². The summed E-state index contributed by atoms with van der Waals surface area (Å²) in [4.78, 5) is 27.8. The minimum Gasteiger partial charge on any atom is -1.00 e. The molecule has 0 radical (unpaired) electrons. The quantitative estimate of drug-likeness (QED) is 0.700. The lowest BCUT2D eigenvalue weighted by Gasteiger charge is -2.26. The zero-order chi connectivity index (χ0) is 18.7. The highest BCUT2D eigenvalue weighted by molar-refractivity contribution is 7.17. The molecular formula is C19H22ClFN3O2S-. The van der Waals surface area contributed by atoms with Gasteiger partial charge in [-0.25, -0.2) is 4.39 Å². The van der Waals surface area contributed by atoms with Crippen molar-refractivity contribution in [3.63, 3.8) is 0 Å². The lowest BCUT2D eigenvalue weighted by molar-refractivity contribution is -0.115. The van der Waals surface area contributed by atoms with E-state index in [2.05, 4.69) is 17.1 Å². The number of benzene rings is 1. The van der Waals surface area contributed by atoms with E-state index in [0.717, 1.165) is 42.9 Å². The zero-order valence-electron chi connectivity index (χ0n) is 15.1. The number of hydrogen-bond acceptors (Lipinski definition) is 4. The number of nitrogens with one attached hydrogen (secondary N) is 1. The van der Waals surface area contributed by atoms with Gasteiger partial charge in [0, 0.05) is 18.0 Å². The number of amides is 2. The first-order valence-electron chi connectivity index (χ1n) is 8.69. The number of nitrogens with two attached hydrogens (primary N) is 1. The molecule has 5 nitrogen and oxygen atoms in total. The van der Waals surface area contributed by atoms with Gasteiger partial charge in [-0.05, 0) is 42.6 Å². The number of primary amides is 1. The molecule has 3 rings (SSSR count). The van der Waals surface area contributed by atoms with Gasteiger partial charge < -0.3 is 23.5 Å². The van der Waals surface area contributed by atoms with Crippen molar-refractivity contribution in [3.8, 4) is 0 Å². The lowest BCUT2D eigenvalue weighted by Crippen LogP contribution is -3.00. The first-order valence-corrected chi connectivity index (χ1v) is 9.50. The molecular weight excluding hydrogens is 389 g/mol. The van der Waals surface area contributed by atoms with Crippen molar-refractivity contribution in [1.82, 2.24) is 4.90 Å². The Morgan fingerprint density at radius 3 is 2.63 bits per heavy atom. The summed E-state index contributed by atoms with van der Waals surface area (Å²) < 4.78 is 13.0. The Kier molecular flexibility index (Phi) is 7.35. The first-order chi connectivity index (χ1) is 12.5. The Balaban J connectivity index is 0.00000261. The Labute approximate surface area is 168 Å². The van der Waals surface area contributed by atoms with Crippen LogP contribution >= 0.6 is 11.3 Å². The second-order valence-corrected chi connectivity index (χ2v) is 7.55. The van der Waals surface area contributed by atoms with Gasteiger partial charge in [0.2, 0.25) is 5.91 Å². The molecule has 1 aromatic heterocycles. The molecule has 0 aliphatic carbocycles. The predicted octanol–water partition coefficient (Wildman–Crippen LogP) is -0.0606. The van der Waals surface area contributed by atoms with Crippen LogP contribution in [0.15, 0.2) is 24.3 Å². The fraction of sp³-hybridized carbons (Fsp3) is 0.368. The standard InChI is InChI=1S/C19H22FN3O2S.ClH/c1-2-8-23-9-7-14-15(11-23)26-19(17(14)18(21)25)22-16(24)10-12-3-5-13(20)6-4-12;/h3-6H,2,7-11H2,1H3,(H2,21,25)(H,22,24);1H/p-1. The van der Waals surface area contributed by atoms with Gasteiger partial charge in [0.25, 0.3) is 5.91 Å². The van der Waals surface area contributed by atoms with Gasteiger partial charge in [0.1, 0.15) is 10.8 Å². The molecule has 0 atom stereocenters. The summed E-state index contributed by atoms with van der Waals surface area (Å²) in [6.07, 6.45) is 1.95. The number of thiophene rings is 1. The number of carbonyl (C=O) groups excluding carboxylic acids is 2. The van der Waals surface area contributed by atoms with Crippen molar-refractivity contribution in [2.45, 2.75) is 32.7 Å². The molecule has 27 heavy (non-hydrogen) atoms. The molecule has 1 aliphatic heterocycles. The lowest BCUT2D eigenvalue weighted by atomic mass is 10.0. The smallest absolute Gasteiger partial charge is 0.251 e. The third-order valence-electron chi connectivity index (χ3n) is 4.45. The van der Waals surface area contributed by atoms with Crippen LogP contribution in [-0.4, -0.2) is 29.8 Å². The van der Waals surface area contributed by atoms with E-state index in [1.165, 1.54) is 23.5 Å². The van der Waals surface area contributed by atoms with Crippen LogP contribution in [0.2, 0.25) is 0 Å². The third kappa shape index (κ3) is 5.06. The molecule has 0 spiro atoms. The predicted molar refractivity (Wildman–Crippen MR) is 101 cm³/mol. The van der Waals surface area contributed by atoms with Crippen molar-refractivity contribution in [2.75, 3.05) is 18.4 Å². The van der Waals surface area contributed by atoms with E-state index in [0.29, 0.717) is 16.1 Å². The number of anilines is 1. The molecule has 0 saturated heterocycles. The average molecular weight is 411 g/mol. The molecule has 0 fully saturated rings. The maximum Gasteiger partial charge on any atom is 0.251 e. The Morgan fingerprint density at radius 2 is 2.00 bits per heavy atom. The van der Waals surface area contributed by atoms with Gasteiger partial charge in [-0.1, -0.05) is 19.1 Å². The third-order valence-corrected chi connectivity index (χ3v) is 5.59. The summed E-state index contributed by atoms with van der Waals surface area (Å²) in [5, 5.41) is 3.35. The minimum atomic E-state index is -0.511. The molecule has 146 valence electrons. The number of hydrogen-bond donors (Lipinski definition) is 2. The van der Waals surface area contributed by atoms with Crippen LogP contribution in [0.4, 0.5) is 9.39 Å². The number of carbonyl (C=O) groups is 2. The summed E-state index contributed by atoms with van der Waals surface area (Å²) in [6.45, 7) is 4.82. The molecule has 0 unspecified atom stereocenters. The van der Waals surface area contributed by atoms with E-state index in [4.69, 9.17) is 5.73 Å². The molecule has 2 amide bonds. The molecule has 0 saturated carbocycles. The van der Waals surface area contributed by atoms with Crippen LogP contribution < -0.4 is 23.5 Å². The Morgan fingerprint density at radius 1 is 1.30 bits per heavy atom. The SMILES string of the molecule is CCCN1CCc2c(sc(NC(=O)Cc3ccc(F)cc3)c2C(N)=O)C1.[Cl-]. The molecule has 1 aliphatic rings. The largest absolute Gasteiger partial charge is 1.00 e. The summed E-state index contributed by atoms with van der Waals surface area (Å²) in [6, 6.07) is 5.80. The second-order valence-electron chi connectivity index (χ2n) is 6.45. The maximum atomic E-state index is 13.0. The normalized spacial score (nSPS) is 13.6. The van der Waals surface area contributed by atoms with E-state index in [9.17, 15) is 14.0 Å². The summed E-state index contributed by atoms with van der Waals surface area (Å²) in [5.74, 6) is -1.10. The highest BCUT2D eigenvalue weighted by atomic mass is 35.5. The van der Waals surface area contributed by atoms with E-state index >= 15 is 0 Å². The van der Waals surface area contributed by atoms with Crippen LogP contribution in [0, 0.1) is 5.82 Å². The number of halogens is 2. The maximum absolute atomic E-state index is 13.0. The fourth-order valence-electron chi connectivity index (χ4n) is 3.27. The zero-order valence-corrected chi connectivity index (χ0v) is 16.6. The number of nitrogens with zero attached hydrogens (tertiary/aromatic N) is 1. The van der Waals surface area contributed by atoms with Gasteiger partial charge in [0.15, 0.2) is 0 Å². The molecule has 1 aromatic carbocycles. The van der Waals surface area contributed by atoms with Gasteiger partial charge in [-0.3, -0.25) is 14.5 Å². The van der Waals surface area contributed by atoms with Crippen LogP contribution in [-0.2, 0) is 24.2 Å². The van der Waals surface area contributed by atoms with E-state index in [1.54, 1.807) is 12.1 Å². The highest BCUT2D eigenvalue weighted by Crippen LogP contribution is 2.37. The van der Waals surface area contributed by atoms with Crippen molar-refractivity contribution >= 4 is 28.2 Å². The van der Waals surface area contributed by atoms with Crippen LogP contribution in [0.1, 0.15) is 39.7 Å². The Hall–Kier alpha value is -1.96. The van der Waals surface area contributed by atoms with Crippen LogP contribution in [0.5, 0.6) is 0 Å². The highest BCUT2D eigenvalue weighted by Gasteiger charge is 2.27. The van der Waals surface area contributed by atoms with Crippen molar-refractivity contribution in [1.29, 1.82) is 0 Å². The monoisotopic (exact) mass is 410 g/mol. The van der Waals surface area contributed by atoms with E-state index in [-0.39, 0.29) is 30.6 Å². The molecule has 2 aromatic rings. The molecule has 0 bridgehead atoms. The summed E-state index contributed by atoms with van der Waals surface area (Å²) in [7, 11) is 0. The first kappa shape index (κ1) is 21.3. The average Bonchev–Trinajstić information content (AvgIpc) is 2.94. The van der Waals surface area contributed by atoms with Gasteiger partial charge in [-0.2, -0.15) is 0 Å². The number of rotatable bonds is 6. The minimum absolute atomic E-state index is 0. The van der Waals surface area contributed by atoms with Crippen LogP contribution in [0.3, 0.4) is 0 Å². The molecule has 2 heterocycles. The summed E-state index contributed by atoms with van der Waals surface area (Å²) >= 11 is 1.43. The van der Waals surface area contributed by atoms with Gasteiger partial charge >= 0.3 is 0 Å². The molecule has 8 heteroatoms. The molecule has 3 N–H and O–H groups in total. The van der Waals surface area contributed by atoms with Crippen molar-refractivity contribution < 1.29 is 26.4 Å².